The predicted molar refractivity (Wildman–Crippen MR) is 115 cm³/mol. The van der Waals surface area contributed by atoms with Crippen molar-refractivity contribution in [3.8, 4) is 5.88 Å². The second-order valence-corrected chi connectivity index (χ2v) is 7.01. The molecule has 6 nitrogen and oxygen atoms in total. The third kappa shape index (κ3) is 5.62. The normalized spacial score (nSPS) is 16.9. The van der Waals surface area contributed by atoms with E-state index in [-0.39, 0.29) is 0 Å². The zero-order valence-electron chi connectivity index (χ0n) is 16.9. The third-order valence-electron chi connectivity index (χ3n) is 4.91. The molecule has 2 heterocycles. The maximum atomic E-state index is 5.82. The number of anilines is 1. The molecule has 1 aliphatic heterocycles. The van der Waals surface area contributed by atoms with Crippen LogP contribution in [-0.4, -0.2) is 43.7 Å². The minimum Gasteiger partial charge on any atom is -0.477 e. The van der Waals surface area contributed by atoms with E-state index in [9.17, 15) is 0 Å². The van der Waals surface area contributed by atoms with E-state index in [1.165, 1.54) is 5.69 Å². The summed E-state index contributed by atoms with van der Waals surface area (Å²) in [6.07, 6.45) is 5.01. The van der Waals surface area contributed by atoms with Crippen molar-refractivity contribution in [2.24, 2.45) is 4.99 Å². The van der Waals surface area contributed by atoms with Crippen LogP contribution in [0.25, 0.3) is 0 Å². The highest BCUT2D eigenvalue weighted by Gasteiger charge is 2.23. The van der Waals surface area contributed by atoms with Gasteiger partial charge in [-0.25, -0.2) is 4.98 Å². The van der Waals surface area contributed by atoms with Crippen LogP contribution in [0.2, 0.25) is 0 Å². The minimum absolute atomic E-state index is 0.376. The topological polar surface area (TPSA) is 61.8 Å². The van der Waals surface area contributed by atoms with E-state index in [2.05, 4.69) is 62.8 Å². The number of nitrogens with one attached hydrogen (secondary N) is 2. The van der Waals surface area contributed by atoms with Gasteiger partial charge in [-0.2, -0.15) is 0 Å². The maximum absolute atomic E-state index is 5.82. The van der Waals surface area contributed by atoms with Crippen molar-refractivity contribution in [1.29, 1.82) is 0 Å². The van der Waals surface area contributed by atoms with Crippen molar-refractivity contribution in [3.63, 3.8) is 0 Å². The van der Waals surface area contributed by atoms with Crippen LogP contribution in [0.15, 0.2) is 53.7 Å². The molecule has 1 atom stereocenters. The Morgan fingerprint density at radius 1 is 1.25 bits per heavy atom. The molecule has 28 heavy (non-hydrogen) atoms. The van der Waals surface area contributed by atoms with Crippen LogP contribution in [0.1, 0.15) is 31.7 Å². The lowest BCUT2D eigenvalue weighted by molar-refractivity contribution is 0.294. The summed E-state index contributed by atoms with van der Waals surface area (Å²) in [5.74, 6) is 1.51. The maximum Gasteiger partial charge on any atom is 0.218 e. The summed E-state index contributed by atoms with van der Waals surface area (Å²) in [5, 5.41) is 6.94. The number of hydrogen-bond donors (Lipinski definition) is 2. The SMILES string of the molecule is CCCCOc1ncccc1CNC(=NC)NC1CCN(c2ccccc2)C1. The first-order valence-corrected chi connectivity index (χ1v) is 10.1. The van der Waals surface area contributed by atoms with Gasteiger partial charge in [-0.15, -0.1) is 0 Å². The number of unbranched alkanes of at least 4 members (excludes halogenated alkanes) is 1. The van der Waals surface area contributed by atoms with Crippen LogP contribution in [0, 0.1) is 0 Å². The summed E-state index contributed by atoms with van der Waals surface area (Å²) in [5.41, 5.74) is 2.32. The third-order valence-corrected chi connectivity index (χ3v) is 4.91. The van der Waals surface area contributed by atoms with Crippen molar-refractivity contribution in [2.75, 3.05) is 31.6 Å². The fraction of sp³-hybridized carbons (Fsp3) is 0.455. The summed E-state index contributed by atoms with van der Waals surface area (Å²) in [4.78, 5) is 11.2. The van der Waals surface area contributed by atoms with Gasteiger partial charge in [-0.1, -0.05) is 37.6 Å². The van der Waals surface area contributed by atoms with Crippen LogP contribution in [0.4, 0.5) is 5.69 Å². The van der Waals surface area contributed by atoms with Crippen LogP contribution in [-0.2, 0) is 6.54 Å². The van der Waals surface area contributed by atoms with Gasteiger partial charge in [0.1, 0.15) is 0 Å². The molecule has 2 N–H and O–H groups in total. The van der Waals surface area contributed by atoms with E-state index in [0.29, 0.717) is 25.1 Å². The predicted octanol–water partition coefficient (Wildman–Crippen LogP) is 3.20. The molecule has 6 heteroatoms. The number of aliphatic imine (C=N–C) groups is 1. The molecular formula is C22H31N5O. The van der Waals surface area contributed by atoms with E-state index in [1.54, 1.807) is 13.2 Å². The quantitative estimate of drug-likeness (QED) is 0.418. The van der Waals surface area contributed by atoms with Gasteiger partial charge >= 0.3 is 0 Å². The molecule has 3 rings (SSSR count). The molecule has 1 unspecified atom stereocenters. The van der Waals surface area contributed by atoms with Crippen LogP contribution in [0.3, 0.4) is 0 Å². The molecule has 150 valence electrons. The van der Waals surface area contributed by atoms with Crippen molar-refractivity contribution in [1.82, 2.24) is 15.6 Å². The van der Waals surface area contributed by atoms with Gasteiger partial charge in [0.05, 0.1) is 6.61 Å². The molecule has 0 radical (unpaired) electrons. The van der Waals surface area contributed by atoms with E-state index < -0.39 is 0 Å². The van der Waals surface area contributed by atoms with Crippen LogP contribution in [0.5, 0.6) is 5.88 Å². The van der Waals surface area contributed by atoms with E-state index in [0.717, 1.165) is 43.9 Å². The summed E-state index contributed by atoms with van der Waals surface area (Å²) in [7, 11) is 1.81. The summed E-state index contributed by atoms with van der Waals surface area (Å²) in [6, 6.07) is 14.9. The molecule has 0 saturated carbocycles. The molecule has 1 saturated heterocycles. The molecular weight excluding hydrogens is 350 g/mol. The molecule has 0 spiro atoms. The van der Waals surface area contributed by atoms with Gasteiger partial charge in [0, 0.05) is 50.2 Å². The Bertz CT molecular complexity index is 750. The van der Waals surface area contributed by atoms with Crippen molar-refractivity contribution < 1.29 is 4.74 Å². The summed E-state index contributed by atoms with van der Waals surface area (Å²) >= 11 is 0. The van der Waals surface area contributed by atoms with E-state index in [1.807, 2.05) is 12.1 Å². The fourth-order valence-electron chi connectivity index (χ4n) is 3.32. The first kappa shape index (κ1) is 20.0. The number of aromatic nitrogens is 1. The summed E-state index contributed by atoms with van der Waals surface area (Å²) in [6.45, 7) is 5.51. The molecule has 1 aromatic heterocycles. The molecule has 2 aromatic rings. The van der Waals surface area contributed by atoms with Crippen LogP contribution < -0.4 is 20.3 Å². The van der Waals surface area contributed by atoms with E-state index >= 15 is 0 Å². The Kier molecular flexibility index (Phi) is 7.53. The lowest BCUT2D eigenvalue weighted by Gasteiger charge is -2.20. The zero-order chi connectivity index (χ0) is 19.6. The van der Waals surface area contributed by atoms with Crippen molar-refractivity contribution >= 4 is 11.6 Å². The number of guanidine groups is 1. The van der Waals surface area contributed by atoms with E-state index in [4.69, 9.17) is 4.74 Å². The number of rotatable bonds is 8. The molecule has 1 aromatic carbocycles. The Balaban J connectivity index is 1.51. The highest BCUT2D eigenvalue weighted by Crippen LogP contribution is 2.19. The number of para-hydroxylation sites is 1. The van der Waals surface area contributed by atoms with Gasteiger partial charge in [0.15, 0.2) is 5.96 Å². The second kappa shape index (κ2) is 10.5. The molecule has 0 amide bonds. The van der Waals surface area contributed by atoms with Gasteiger partial charge < -0.3 is 20.3 Å². The standard InChI is InChI=1S/C22H31N5O/c1-3-4-15-28-21-18(9-8-13-24-21)16-25-22(23-2)26-19-12-14-27(17-19)20-10-6-5-7-11-20/h5-11,13,19H,3-4,12,14-17H2,1-2H3,(H2,23,25,26). The molecule has 1 aliphatic rings. The van der Waals surface area contributed by atoms with Gasteiger partial charge in [-0.05, 0) is 31.0 Å². The first-order valence-electron chi connectivity index (χ1n) is 10.1. The Hall–Kier alpha value is -2.76. The van der Waals surface area contributed by atoms with Gasteiger partial charge in [0.25, 0.3) is 0 Å². The highest BCUT2D eigenvalue weighted by atomic mass is 16.5. The Labute approximate surface area is 168 Å². The second-order valence-electron chi connectivity index (χ2n) is 7.01. The lowest BCUT2D eigenvalue weighted by atomic mass is 10.2. The van der Waals surface area contributed by atoms with Gasteiger partial charge in [0.2, 0.25) is 5.88 Å². The number of ether oxygens (including phenoxy) is 1. The smallest absolute Gasteiger partial charge is 0.218 e. The summed E-state index contributed by atoms with van der Waals surface area (Å²) < 4.78 is 5.82. The zero-order valence-corrected chi connectivity index (χ0v) is 16.9. The molecule has 1 fully saturated rings. The minimum atomic E-state index is 0.376. The van der Waals surface area contributed by atoms with Crippen molar-refractivity contribution in [2.45, 2.75) is 38.8 Å². The van der Waals surface area contributed by atoms with Crippen LogP contribution >= 0.6 is 0 Å². The number of benzene rings is 1. The van der Waals surface area contributed by atoms with Crippen molar-refractivity contribution in [3.05, 3.63) is 54.2 Å². The number of nitrogens with zero attached hydrogens (tertiary/aromatic N) is 3. The Morgan fingerprint density at radius 3 is 2.89 bits per heavy atom. The average Bonchev–Trinajstić information content (AvgIpc) is 3.21. The molecule has 0 aliphatic carbocycles. The largest absolute Gasteiger partial charge is 0.477 e. The molecule has 0 bridgehead atoms. The number of pyridine rings is 1. The monoisotopic (exact) mass is 381 g/mol. The Morgan fingerprint density at radius 2 is 2.11 bits per heavy atom. The lowest BCUT2D eigenvalue weighted by Crippen LogP contribution is -2.44. The first-order chi connectivity index (χ1) is 13.8. The highest BCUT2D eigenvalue weighted by molar-refractivity contribution is 5.80. The van der Waals surface area contributed by atoms with Gasteiger partial charge in [-0.3, -0.25) is 4.99 Å². The fourth-order valence-corrected chi connectivity index (χ4v) is 3.32. The average molecular weight is 382 g/mol. The number of hydrogen-bond acceptors (Lipinski definition) is 4.